The first-order valence-corrected chi connectivity index (χ1v) is 8.63. The summed E-state index contributed by atoms with van der Waals surface area (Å²) >= 11 is 0. The van der Waals surface area contributed by atoms with Gasteiger partial charge in [0.1, 0.15) is 17.7 Å². The lowest BCUT2D eigenvalue weighted by atomic mass is 9.78. The highest BCUT2D eigenvalue weighted by Crippen LogP contribution is 2.48. The Morgan fingerprint density at radius 2 is 1.73 bits per heavy atom. The number of rotatable bonds is 3. The van der Waals surface area contributed by atoms with Crippen LogP contribution in [0.4, 0.5) is 0 Å². The number of allylic oxidation sites excluding steroid dienone is 1. The van der Waals surface area contributed by atoms with Crippen LogP contribution in [0.2, 0.25) is 0 Å². The number of nitrogens with zero attached hydrogens (tertiary/aromatic N) is 2. The van der Waals surface area contributed by atoms with Gasteiger partial charge in [0.2, 0.25) is 0 Å². The van der Waals surface area contributed by atoms with Gasteiger partial charge in [-0.05, 0) is 31.2 Å². The molecule has 1 aromatic rings. The number of carbonyl (C=O) groups excluding carboxylic acids is 1. The Morgan fingerprint density at radius 1 is 1.08 bits per heavy atom. The largest absolute Gasteiger partial charge is 0.480 e. The monoisotopic (exact) mass is 345 g/mol. The van der Waals surface area contributed by atoms with Crippen molar-refractivity contribution >= 4 is 12.0 Å². The molecule has 5 nitrogen and oxygen atoms in total. The first-order chi connectivity index (χ1) is 12.6. The topological polar surface area (TPSA) is 99.9 Å². The summed E-state index contributed by atoms with van der Waals surface area (Å²) < 4.78 is 6.12. The van der Waals surface area contributed by atoms with Gasteiger partial charge in [0.05, 0.1) is 5.57 Å². The zero-order valence-corrected chi connectivity index (χ0v) is 14.4. The molecule has 0 aromatic heterocycles. The maximum absolute atomic E-state index is 12.2. The second-order valence-electron chi connectivity index (χ2n) is 6.48. The van der Waals surface area contributed by atoms with Crippen LogP contribution in [0.1, 0.15) is 37.7 Å². The van der Waals surface area contributed by atoms with Crippen molar-refractivity contribution in [1.82, 2.24) is 0 Å². The molecule has 0 atom stereocenters. The Bertz CT molecular complexity index is 873. The quantitative estimate of drug-likeness (QED) is 0.847. The predicted molar refractivity (Wildman–Crippen MR) is 96.8 cm³/mol. The third kappa shape index (κ3) is 3.12. The average molecular weight is 345 g/mol. The predicted octanol–water partition coefficient (Wildman–Crippen LogP) is 3.52. The van der Waals surface area contributed by atoms with Crippen LogP contribution >= 0.6 is 0 Å². The minimum atomic E-state index is -0.692. The molecule has 5 heteroatoms. The van der Waals surface area contributed by atoms with Crippen molar-refractivity contribution in [2.75, 3.05) is 0 Å². The van der Waals surface area contributed by atoms with Crippen molar-refractivity contribution in [2.45, 2.75) is 37.7 Å². The summed E-state index contributed by atoms with van der Waals surface area (Å²) in [6, 6.07) is 13.3. The maximum atomic E-state index is 12.2. The molecule has 2 aliphatic rings. The van der Waals surface area contributed by atoms with E-state index in [1.807, 2.05) is 54.6 Å². The van der Waals surface area contributed by atoms with Crippen LogP contribution in [-0.2, 0) is 9.53 Å². The standard InChI is InChI=1S/C21H19N3O2/c22-13-16(14-23)19-18(20(24)25)17(10-9-15-7-3-1-4-8-15)21(26-19)11-5-2-6-12-21/h1,3-4,7-10H,2,5-6,11-12H2,(H2,24,25)/b10-9+. The van der Waals surface area contributed by atoms with E-state index < -0.39 is 11.5 Å². The van der Waals surface area contributed by atoms with E-state index in [4.69, 9.17) is 10.5 Å². The molecule has 1 aliphatic heterocycles. The molecule has 0 unspecified atom stereocenters. The van der Waals surface area contributed by atoms with Gasteiger partial charge in [-0.15, -0.1) is 0 Å². The fourth-order valence-corrected chi connectivity index (χ4v) is 3.67. The third-order valence-electron chi connectivity index (χ3n) is 4.89. The molecule has 1 fully saturated rings. The van der Waals surface area contributed by atoms with E-state index in [-0.39, 0.29) is 16.9 Å². The summed E-state index contributed by atoms with van der Waals surface area (Å²) in [7, 11) is 0. The van der Waals surface area contributed by atoms with E-state index in [9.17, 15) is 15.3 Å². The fourth-order valence-electron chi connectivity index (χ4n) is 3.67. The number of ether oxygens (including phenoxy) is 1. The molecule has 3 rings (SSSR count). The second-order valence-corrected chi connectivity index (χ2v) is 6.48. The van der Waals surface area contributed by atoms with Gasteiger partial charge >= 0.3 is 0 Å². The van der Waals surface area contributed by atoms with Crippen LogP contribution in [0.15, 0.2) is 58.9 Å². The lowest BCUT2D eigenvalue weighted by Gasteiger charge is -2.34. The summed E-state index contributed by atoms with van der Waals surface area (Å²) in [4.78, 5) is 12.2. The maximum Gasteiger partial charge on any atom is 0.252 e. The van der Waals surface area contributed by atoms with Crippen molar-refractivity contribution in [2.24, 2.45) is 5.73 Å². The minimum Gasteiger partial charge on any atom is -0.480 e. The normalized spacial score (nSPS) is 18.5. The van der Waals surface area contributed by atoms with Crippen LogP contribution in [0, 0.1) is 22.7 Å². The molecule has 0 radical (unpaired) electrons. The van der Waals surface area contributed by atoms with Gasteiger partial charge < -0.3 is 10.5 Å². The van der Waals surface area contributed by atoms with E-state index in [0.717, 1.165) is 37.7 Å². The van der Waals surface area contributed by atoms with Gasteiger partial charge in [-0.25, -0.2) is 0 Å². The number of benzene rings is 1. The van der Waals surface area contributed by atoms with Crippen molar-refractivity contribution in [3.63, 3.8) is 0 Å². The molecule has 0 saturated heterocycles. The number of hydrogen-bond acceptors (Lipinski definition) is 4. The number of nitriles is 2. The highest BCUT2D eigenvalue weighted by molar-refractivity contribution is 5.99. The van der Waals surface area contributed by atoms with Crippen LogP contribution in [0.3, 0.4) is 0 Å². The van der Waals surface area contributed by atoms with Gasteiger partial charge in [0.15, 0.2) is 11.3 Å². The lowest BCUT2D eigenvalue weighted by Crippen LogP contribution is -2.33. The first-order valence-electron chi connectivity index (χ1n) is 8.63. The Hall–Kier alpha value is -3.31. The number of nitrogens with two attached hydrogens (primary N) is 1. The van der Waals surface area contributed by atoms with Crippen LogP contribution in [0.25, 0.3) is 6.08 Å². The number of amides is 1. The summed E-state index contributed by atoms with van der Waals surface area (Å²) in [5, 5.41) is 18.5. The van der Waals surface area contributed by atoms with Gasteiger partial charge in [0.25, 0.3) is 5.91 Å². The Balaban J connectivity index is 2.18. The van der Waals surface area contributed by atoms with Gasteiger partial charge in [-0.3, -0.25) is 4.79 Å². The summed E-state index contributed by atoms with van der Waals surface area (Å²) in [5.74, 6) is -0.657. The number of hydrogen-bond donors (Lipinski definition) is 1. The highest BCUT2D eigenvalue weighted by Gasteiger charge is 2.47. The molecule has 26 heavy (non-hydrogen) atoms. The van der Waals surface area contributed by atoms with E-state index in [1.54, 1.807) is 0 Å². The molecule has 2 N–H and O–H groups in total. The molecule has 1 aromatic carbocycles. The SMILES string of the molecule is N#CC(C#N)=C1OC2(CCCCC2)C(/C=C/c2ccccc2)=C1C(N)=O. The minimum absolute atomic E-state index is 0.0251. The van der Waals surface area contributed by atoms with E-state index >= 15 is 0 Å². The number of primary amides is 1. The molecule has 1 spiro atoms. The fraction of sp³-hybridized carbons (Fsp3) is 0.286. The van der Waals surface area contributed by atoms with Crippen molar-refractivity contribution in [1.29, 1.82) is 10.5 Å². The zero-order valence-electron chi connectivity index (χ0n) is 14.4. The van der Waals surface area contributed by atoms with Crippen molar-refractivity contribution in [3.8, 4) is 12.1 Å². The Kier molecular flexibility index (Phi) is 4.91. The van der Waals surface area contributed by atoms with Gasteiger partial charge in [0, 0.05) is 5.57 Å². The van der Waals surface area contributed by atoms with Crippen molar-refractivity contribution < 1.29 is 9.53 Å². The summed E-state index contributed by atoms with van der Waals surface area (Å²) in [6.45, 7) is 0. The lowest BCUT2D eigenvalue weighted by molar-refractivity contribution is -0.114. The molecule has 1 amide bonds. The van der Waals surface area contributed by atoms with Crippen LogP contribution in [-0.4, -0.2) is 11.5 Å². The molecular formula is C21H19N3O2. The van der Waals surface area contributed by atoms with Gasteiger partial charge in [-0.2, -0.15) is 10.5 Å². The summed E-state index contributed by atoms with van der Waals surface area (Å²) in [5.41, 5.74) is 6.52. The molecule has 1 saturated carbocycles. The van der Waals surface area contributed by atoms with Gasteiger partial charge in [-0.1, -0.05) is 48.9 Å². The second kappa shape index (κ2) is 7.29. The van der Waals surface area contributed by atoms with E-state index in [1.165, 1.54) is 0 Å². The van der Waals surface area contributed by atoms with E-state index in [0.29, 0.717) is 5.57 Å². The average Bonchev–Trinajstić information content (AvgIpc) is 2.96. The molecule has 0 bridgehead atoms. The highest BCUT2D eigenvalue weighted by atomic mass is 16.5. The van der Waals surface area contributed by atoms with E-state index in [2.05, 4.69) is 0 Å². The Labute approximate surface area is 152 Å². The van der Waals surface area contributed by atoms with Crippen LogP contribution < -0.4 is 5.73 Å². The van der Waals surface area contributed by atoms with Crippen molar-refractivity contribution in [3.05, 3.63) is 64.4 Å². The first kappa shape index (κ1) is 17.5. The molecular weight excluding hydrogens is 326 g/mol. The molecule has 130 valence electrons. The Morgan fingerprint density at radius 3 is 2.31 bits per heavy atom. The third-order valence-corrected chi connectivity index (χ3v) is 4.89. The molecule has 1 heterocycles. The zero-order chi connectivity index (χ0) is 18.6. The smallest absolute Gasteiger partial charge is 0.252 e. The summed E-state index contributed by atoms with van der Waals surface area (Å²) in [6.07, 6.45) is 8.21. The number of carbonyl (C=O) groups is 1. The molecule has 1 aliphatic carbocycles. The van der Waals surface area contributed by atoms with Crippen LogP contribution in [0.5, 0.6) is 0 Å².